The molecule has 0 spiro atoms. The summed E-state index contributed by atoms with van der Waals surface area (Å²) in [6.45, 7) is 9.30. The van der Waals surface area contributed by atoms with Crippen molar-refractivity contribution in [3.63, 3.8) is 0 Å². The number of nitrogens with one attached hydrogen (secondary N) is 4. The molecule has 4 N–H and O–H groups in total. The molecule has 33 heavy (non-hydrogen) atoms. The van der Waals surface area contributed by atoms with Crippen LogP contribution in [0.1, 0.15) is 44.7 Å². The Morgan fingerprint density at radius 2 is 1.30 bits per heavy atom. The molecule has 0 bridgehead atoms. The number of thiol groups is 1. The maximum absolute atomic E-state index is 12.2. The lowest BCUT2D eigenvalue weighted by Gasteiger charge is -2.28. The van der Waals surface area contributed by atoms with Crippen molar-refractivity contribution in [2.24, 2.45) is 0 Å². The zero-order chi connectivity index (χ0) is 24.4. The number of amides is 4. The molecule has 0 aromatic heterocycles. The Morgan fingerprint density at radius 1 is 0.818 bits per heavy atom. The molecular formula is C22H40N4O5SSi. The average Bonchev–Trinajstić information content (AvgIpc) is 2.80. The maximum atomic E-state index is 12.2. The molecule has 0 saturated heterocycles. The van der Waals surface area contributed by atoms with Crippen LogP contribution in [0.3, 0.4) is 0 Å². The second kappa shape index (κ2) is 17.7. The predicted molar refractivity (Wildman–Crippen MR) is 135 cm³/mol. The second-order valence-electron chi connectivity index (χ2n) is 7.20. The van der Waals surface area contributed by atoms with Crippen LogP contribution >= 0.6 is 12.6 Å². The van der Waals surface area contributed by atoms with Crippen molar-refractivity contribution in [1.29, 1.82) is 0 Å². The fourth-order valence-corrected chi connectivity index (χ4v) is 5.90. The fraction of sp³-hybridized carbons (Fsp3) is 0.636. The molecule has 188 valence electrons. The van der Waals surface area contributed by atoms with E-state index in [1.807, 2.05) is 45.0 Å². The largest absolute Gasteiger partial charge is 0.500 e. The van der Waals surface area contributed by atoms with E-state index in [1.165, 1.54) is 0 Å². The van der Waals surface area contributed by atoms with Gasteiger partial charge in [-0.25, -0.2) is 9.59 Å². The van der Waals surface area contributed by atoms with E-state index in [9.17, 15) is 9.59 Å². The predicted octanol–water partition coefficient (Wildman–Crippen LogP) is 3.04. The molecule has 0 aliphatic carbocycles. The second-order valence-corrected chi connectivity index (χ2v) is 10.4. The van der Waals surface area contributed by atoms with Gasteiger partial charge in [0.25, 0.3) is 0 Å². The summed E-state index contributed by atoms with van der Waals surface area (Å²) >= 11 is 4.12. The minimum Gasteiger partial charge on any atom is -0.374 e. The molecule has 9 nitrogen and oxygen atoms in total. The highest BCUT2D eigenvalue weighted by molar-refractivity contribution is 7.80. The molecule has 0 fully saturated rings. The van der Waals surface area contributed by atoms with Gasteiger partial charge in [0, 0.05) is 52.0 Å². The van der Waals surface area contributed by atoms with Crippen LogP contribution in [0.4, 0.5) is 9.59 Å². The Labute approximate surface area is 204 Å². The SMILES string of the molecule is CCO[Si](CCCNC(=O)NCc1cccc(CNC(=O)NCCCS)c1)(OCC)OCC. The number of carbonyl (C=O) groups excluding carboxylic acids is 2. The third-order valence-corrected chi connectivity index (χ3v) is 8.02. The minimum absolute atomic E-state index is 0.204. The van der Waals surface area contributed by atoms with Gasteiger partial charge in [-0.15, -0.1) is 0 Å². The fourth-order valence-electron chi connectivity index (χ4n) is 3.13. The maximum Gasteiger partial charge on any atom is 0.500 e. The van der Waals surface area contributed by atoms with E-state index in [0.717, 1.165) is 23.3 Å². The van der Waals surface area contributed by atoms with E-state index in [-0.39, 0.29) is 12.1 Å². The summed E-state index contributed by atoms with van der Waals surface area (Å²) < 4.78 is 17.5. The van der Waals surface area contributed by atoms with Gasteiger partial charge < -0.3 is 34.5 Å². The Kier molecular flexibility index (Phi) is 15.6. The van der Waals surface area contributed by atoms with Crippen LogP contribution < -0.4 is 21.3 Å². The van der Waals surface area contributed by atoms with Gasteiger partial charge in [-0.05, 0) is 50.5 Å². The molecule has 4 amide bonds. The van der Waals surface area contributed by atoms with Gasteiger partial charge in [0.15, 0.2) is 0 Å². The van der Waals surface area contributed by atoms with Gasteiger partial charge in [0.2, 0.25) is 0 Å². The van der Waals surface area contributed by atoms with E-state index in [1.54, 1.807) is 0 Å². The number of hydrogen-bond acceptors (Lipinski definition) is 6. The number of benzene rings is 1. The monoisotopic (exact) mass is 500 g/mol. The topological polar surface area (TPSA) is 110 Å². The molecule has 0 aliphatic rings. The van der Waals surface area contributed by atoms with Crippen molar-refractivity contribution in [2.75, 3.05) is 38.7 Å². The zero-order valence-corrected chi connectivity index (χ0v) is 22.0. The zero-order valence-electron chi connectivity index (χ0n) is 20.1. The van der Waals surface area contributed by atoms with Crippen molar-refractivity contribution in [2.45, 2.75) is 52.7 Å². The van der Waals surface area contributed by atoms with Crippen molar-refractivity contribution in [3.8, 4) is 0 Å². The van der Waals surface area contributed by atoms with Crippen LogP contribution in [-0.2, 0) is 26.4 Å². The average molecular weight is 501 g/mol. The smallest absolute Gasteiger partial charge is 0.374 e. The van der Waals surface area contributed by atoms with E-state index in [2.05, 4.69) is 33.9 Å². The first-order chi connectivity index (χ1) is 16.0. The molecule has 1 aromatic rings. The first-order valence-corrected chi connectivity index (χ1v) is 14.2. The lowest BCUT2D eigenvalue weighted by atomic mass is 10.1. The van der Waals surface area contributed by atoms with Crippen molar-refractivity contribution < 1.29 is 22.9 Å². The normalized spacial score (nSPS) is 11.2. The van der Waals surface area contributed by atoms with Crippen LogP contribution in [-0.4, -0.2) is 59.5 Å². The van der Waals surface area contributed by atoms with Crippen LogP contribution in [0.25, 0.3) is 0 Å². The van der Waals surface area contributed by atoms with Gasteiger partial charge in [-0.2, -0.15) is 12.6 Å². The molecule has 0 unspecified atom stereocenters. The summed E-state index contributed by atoms with van der Waals surface area (Å²) in [5.74, 6) is 0.735. The first-order valence-electron chi connectivity index (χ1n) is 11.6. The summed E-state index contributed by atoms with van der Waals surface area (Å²) in [4.78, 5) is 23.9. The van der Waals surface area contributed by atoms with Gasteiger partial charge >= 0.3 is 20.9 Å². The van der Waals surface area contributed by atoms with E-state index >= 15 is 0 Å². The Morgan fingerprint density at radius 3 is 1.76 bits per heavy atom. The third-order valence-electron chi connectivity index (χ3n) is 4.56. The number of hydrogen-bond donors (Lipinski definition) is 5. The van der Waals surface area contributed by atoms with Crippen LogP contribution in [0.5, 0.6) is 0 Å². The van der Waals surface area contributed by atoms with Gasteiger partial charge in [-0.1, -0.05) is 24.3 Å². The van der Waals surface area contributed by atoms with E-state index in [0.29, 0.717) is 58.5 Å². The molecule has 1 rings (SSSR count). The molecule has 0 aliphatic heterocycles. The van der Waals surface area contributed by atoms with E-state index < -0.39 is 8.80 Å². The lowest BCUT2D eigenvalue weighted by Crippen LogP contribution is -2.46. The van der Waals surface area contributed by atoms with Gasteiger partial charge in [-0.3, -0.25) is 0 Å². The van der Waals surface area contributed by atoms with Crippen LogP contribution in [0, 0.1) is 0 Å². The molecule has 0 atom stereocenters. The van der Waals surface area contributed by atoms with Crippen molar-refractivity contribution in [1.82, 2.24) is 21.3 Å². The van der Waals surface area contributed by atoms with Gasteiger partial charge in [0.1, 0.15) is 0 Å². The van der Waals surface area contributed by atoms with Crippen molar-refractivity contribution >= 4 is 33.5 Å². The lowest BCUT2D eigenvalue weighted by molar-refractivity contribution is 0.0708. The molecular weight excluding hydrogens is 460 g/mol. The van der Waals surface area contributed by atoms with Crippen LogP contribution in [0.2, 0.25) is 6.04 Å². The third kappa shape index (κ3) is 12.9. The number of carbonyl (C=O) groups is 2. The highest BCUT2D eigenvalue weighted by atomic mass is 32.1. The Hall–Kier alpha value is -1.79. The number of rotatable bonds is 17. The summed E-state index contributed by atoms with van der Waals surface area (Å²) in [5, 5.41) is 11.3. The Bertz CT molecular complexity index is 681. The van der Waals surface area contributed by atoms with Crippen LogP contribution in [0.15, 0.2) is 24.3 Å². The first kappa shape index (κ1) is 29.2. The quantitative estimate of drug-likeness (QED) is 0.128. The van der Waals surface area contributed by atoms with E-state index in [4.69, 9.17) is 13.3 Å². The molecule has 1 aromatic carbocycles. The van der Waals surface area contributed by atoms with Gasteiger partial charge in [0.05, 0.1) is 0 Å². The highest BCUT2D eigenvalue weighted by Crippen LogP contribution is 2.17. The summed E-state index contributed by atoms with van der Waals surface area (Å²) in [6, 6.07) is 7.94. The summed E-state index contributed by atoms with van der Waals surface area (Å²) in [5.41, 5.74) is 1.92. The molecule has 0 saturated carbocycles. The van der Waals surface area contributed by atoms with Crippen molar-refractivity contribution in [3.05, 3.63) is 35.4 Å². The summed E-state index contributed by atoms with van der Waals surface area (Å²) in [7, 11) is -2.68. The molecule has 0 heterocycles. The molecule has 0 radical (unpaired) electrons. The summed E-state index contributed by atoms with van der Waals surface area (Å²) in [6.07, 6.45) is 1.53. The standard InChI is InChI=1S/C22H40N4O5SSi/c1-4-29-33(30-5-2,31-6-3)15-9-13-24-22(28)26-18-20-11-7-10-19(16-20)17-25-21(27)23-12-8-14-32/h7,10-11,16,32H,4-6,8-9,12-15,17-18H2,1-3H3,(H2,23,25,27)(H2,24,26,28). The minimum atomic E-state index is -2.68. The molecule has 11 heteroatoms. The Balaban J connectivity index is 2.36. The highest BCUT2D eigenvalue weighted by Gasteiger charge is 2.39. The number of urea groups is 2.